The number of hydrogen-bond donors (Lipinski definition) is 1. The molecule has 0 fully saturated rings. The van der Waals surface area contributed by atoms with Gasteiger partial charge in [0.25, 0.3) is 0 Å². The van der Waals surface area contributed by atoms with Gasteiger partial charge in [-0.15, -0.1) is 0 Å². The van der Waals surface area contributed by atoms with Crippen LogP contribution in [-0.4, -0.2) is 24.9 Å². The highest BCUT2D eigenvalue weighted by Gasteiger charge is 2.18. The molecule has 1 aromatic carbocycles. The van der Waals surface area contributed by atoms with E-state index in [-0.39, 0.29) is 12.0 Å². The first-order chi connectivity index (χ1) is 7.61. The van der Waals surface area contributed by atoms with E-state index in [1.807, 2.05) is 32.0 Å². The third-order valence-electron chi connectivity index (χ3n) is 2.72. The van der Waals surface area contributed by atoms with Crippen LogP contribution in [0.25, 0.3) is 0 Å². The lowest BCUT2D eigenvalue weighted by Crippen LogP contribution is -2.25. The van der Waals surface area contributed by atoms with Crippen molar-refractivity contribution < 1.29 is 14.6 Å². The van der Waals surface area contributed by atoms with Gasteiger partial charge in [-0.3, -0.25) is 0 Å². The van der Waals surface area contributed by atoms with Gasteiger partial charge < -0.3 is 14.6 Å². The van der Waals surface area contributed by atoms with E-state index in [2.05, 4.69) is 0 Å². The molecule has 16 heavy (non-hydrogen) atoms. The van der Waals surface area contributed by atoms with Crippen molar-refractivity contribution in [3.63, 3.8) is 0 Å². The molecule has 1 aliphatic rings. The van der Waals surface area contributed by atoms with E-state index in [4.69, 9.17) is 14.6 Å². The topological polar surface area (TPSA) is 38.7 Å². The van der Waals surface area contributed by atoms with Crippen molar-refractivity contribution in [2.75, 3.05) is 19.8 Å². The van der Waals surface area contributed by atoms with E-state index in [0.717, 1.165) is 24.5 Å². The van der Waals surface area contributed by atoms with Crippen molar-refractivity contribution in [3.8, 4) is 11.5 Å². The van der Waals surface area contributed by atoms with E-state index < -0.39 is 0 Å². The van der Waals surface area contributed by atoms with Gasteiger partial charge >= 0.3 is 0 Å². The Bertz CT molecular complexity index is 371. The van der Waals surface area contributed by atoms with E-state index >= 15 is 0 Å². The third kappa shape index (κ3) is 2.47. The van der Waals surface area contributed by atoms with Crippen LogP contribution >= 0.6 is 0 Å². The molecule has 0 aromatic heterocycles. The summed E-state index contributed by atoms with van der Waals surface area (Å²) in [5.41, 5.74) is 1.01. The first-order valence-electron chi connectivity index (χ1n) is 5.60. The minimum absolute atomic E-state index is 0.126. The molecule has 1 N–H and O–H groups in total. The van der Waals surface area contributed by atoms with Gasteiger partial charge in [0.1, 0.15) is 11.5 Å². The minimum Gasteiger partial charge on any atom is -0.493 e. The fourth-order valence-corrected chi connectivity index (χ4v) is 1.58. The Morgan fingerprint density at radius 2 is 2.25 bits per heavy atom. The Hall–Kier alpha value is -1.22. The number of hydrogen-bond acceptors (Lipinski definition) is 3. The van der Waals surface area contributed by atoms with Gasteiger partial charge in [-0.25, -0.2) is 0 Å². The van der Waals surface area contributed by atoms with Crippen LogP contribution in [-0.2, 0) is 6.42 Å². The van der Waals surface area contributed by atoms with Crippen molar-refractivity contribution in [2.45, 2.75) is 20.3 Å². The molecule has 0 radical (unpaired) electrons. The Labute approximate surface area is 96.0 Å². The van der Waals surface area contributed by atoms with Gasteiger partial charge in [-0.05, 0) is 18.2 Å². The molecule has 1 aliphatic heterocycles. The lowest BCUT2D eigenvalue weighted by molar-refractivity contribution is 0.0975. The van der Waals surface area contributed by atoms with Crippen molar-refractivity contribution in [1.82, 2.24) is 0 Å². The number of fused-ring (bicyclic) bond motifs is 1. The Morgan fingerprint density at radius 3 is 3.00 bits per heavy atom. The first kappa shape index (κ1) is 11.3. The third-order valence-corrected chi connectivity index (χ3v) is 2.72. The van der Waals surface area contributed by atoms with Crippen LogP contribution in [0.2, 0.25) is 0 Å². The van der Waals surface area contributed by atoms with Crippen LogP contribution in [0, 0.1) is 5.41 Å². The minimum atomic E-state index is -0.199. The molecule has 0 atom stereocenters. The van der Waals surface area contributed by atoms with Gasteiger partial charge in [-0.2, -0.15) is 0 Å². The summed E-state index contributed by atoms with van der Waals surface area (Å²) in [6.07, 6.45) is 0.954. The fraction of sp³-hybridized carbons (Fsp3) is 0.538. The molecule has 88 valence electrons. The van der Waals surface area contributed by atoms with E-state index in [1.165, 1.54) is 5.56 Å². The molecule has 1 aromatic rings. The zero-order valence-corrected chi connectivity index (χ0v) is 9.82. The molecule has 0 saturated carbocycles. The summed E-state index contributed by atoms with van der Waals surface area (Å²) in [7, 11) is 0. The second-order valence-corrected chi connectivity index (χ2v) is 4.98. The Morgan fingerprint density at radius 1 is 1.44 bits per heavy atom. The maximum Gasteiger partial charge on any atom is 0.122 e. The summed E-state index contributed by atoms with van der Waals surface area (Å²) in [5.74, 6) is 1.82. The number of aliphatic hydroxyl groups excluding tert-OH is 1. The number of benzene rings is 1. The molecule has 0 aliphatic carbocycles. The lowest BCUT2D eigenvalue weighted by atomic mass is 9.96. The molecule has 0 bridgehead atoms. The van der Waals surface area contributed by atoms with Gasteiger partial charge in [0.15, 0.2) is 0 Å². The molecular weight excluding hydrogens is 204 g/mol. The zero-order chi connectivity index (χ0) is 11.6. The second-order valence-electron chi connectivity index (χ2n) is 4.98. The predicted molar refractivity (Wildman–Crippen MR) is 62.0 cm³/mol. The van der Waals surface area contributed by atoms with Crippen LogP contribution < -0.4 is 9.47 Å². The number of aliphatic hydroxyl groups is 1. The highest BCUT2D eigenvalue weighted by Crippen LogP contribution is 2.29. The van der Waals surface area contributed by atoms with Crippen molar-refractivity contribution in [2.24, 2.45) is 5.41 Å². The van der Waals surface area contributed by atoms with Gasteiger partial charge in [0, 0.05) is 17.4 Å². The standard InChI is InChI=1S/C13H18O3/c1-13(2,8-14)9-16-11-3-4-12-10(7-11)5-6-15-12/h3-4,7,14H,5-6,8-9H2,1-2H3. The molecule has 0 spiro atoms. The van der Waals surface area contributed by atoms with Crippen molar-refractivity contribution in [3.05, 3.63) is 23.8 Å². The summed E-state index contributed by atoms with van der Waals surface area (Å²) >= 11 is 0. The maximum absolute atomic E-state index is 9.13. The fourth-order valence-electron chi connectivity index (χ4n) is 1.58. The molecule has 3 nitrogen and oxygen atoms in total. The van der Waals surface area contributed by atoms with Crippen LogP contribution in [0.5, 0.6) is 11.5 Å². The molecule has 1 heterocycles. The summed E-state index contributed by atoms with van der Waals surface area (Å²) in [6.45, 7) is 5.36. The predicted octanol–water partition coefficient (Wildman–Crippen LogP) is 2.02. The SMILES string of the molecule is CC(C)(CO)COc1ccc2c(c1)CCO2. The van der Waals surface area contributed by atoms with Gasteiger partial charge in [-0.1, -0.05) is 13.8 Å². The van der Waals surface area contributed by atoms with E-state index in [9.17, 15) is 0 Å². The van der Waals surface area contributed by atoms with Crippen LogP contribution in [0.15, 0.2) is 18.2 Å². The Balaban J connectivity index is 2.00. The van der Waals surface area contributed by atoms with Crippen LogP contribution in [0.1, 0.15) is 19.4 Å². The van der Waals surface area contributed by atoms with Crippen LogP contribution in [0.3, 0.4) is 0 Å². The van der Waals surface area contributed by atoms with E-state index in [0.29, 0.717) is 6.61 Å². The molecule has 0 amide bonds. The zero-order valence-electron chi connectivity index (χ0n) is 9.82. The van der Waals surface area contributed by atoms with Crippen LogP contribution in [0.4, 0.5) is 0 Å². The highest BCUT2D eigenvalue weighted by molar-refractivity contribution is 5.42. The summed E-state index contributed by atoms with van der Waals surface area (Å²) in [4.78, 5) is 0. The van der Waals surface area contributed by atoms with Crippen molar-refractivity contribution in [1.29, 1.82) is 0 Å². The number of ether oxygens (including phenoxy) is 2. The summed E-state index contributed by atoms with van der Waals surface area (Å²) in [6, 6.07) is 5.89. The lowest BCUT2D eigenvalue weighted by Gasteiger charge is -2.21. The first-order valence-corrected chi connectivity index (χ1v) is 5.60. The Kier molecular flexibility index (Phi) is 3.06. The summed E-state index contributed by atoms with van der Waals surface area (Å²) in [5, 5.41) is 9.13. The molecule has 2 rings (SSSR count). The van der Waals surface area contributed by atoms with E-state index in [1.54, 1.807) is 0 Å². The molecule has 0 saturated heterocycles. The second kappa shape index (κ2) is 4.34. The quantitative estimate of drug-likeness (QED) is 0.847. The normalized spacial score (nSPS) is 14.4. The van der Waals surface area contributed by atoms with Gasteiger partial charge in [0.2, 0.25) is 0 Å². The smallest absolute Gasteiger partial charge is 0.122 e. The highest BCUT2D eigenvalue weighted by atomic mass is 16.5. The number of rotatable bonds is 4. The molecule has 3 heteroatoms. The van der Waals surface area contributed by atoms with Crippen molar-refractivity contribution >= 4 is 0 Å². The maximum atomic E-state index is 9.13. The average molecular weight is 222 g/mol. The summed E-state index contributed by atoms with van der Waals surface area (Å²) < 4.78 is 11.1. The monoisotopic (exact) mass is 222 g/mol. The molecular formula is C13H18O3. The van der Waals surface area contributed by atoms with Gasteiger partial charge in [0.05, 0.1) is 19.8 Å². The largest absolute Gasteiger partial charge is 0.493 e. The molecule has 0 unspecified atom stereocenters. The average Bonchev–Trinajstić information content (AvgIpc) is 2.73.